The van der Waals surface area contributed by atoms with E-state index in [4.69, 9.17) is 9.72 Å². The van der Waals surface area contributed by atoms with Crippen LogP contribution in [0.15, 0.2) is 30.5 Å². The predicted molar refractivity (Wildman–Crippen MR) is 109 cm³/mol. The highest BCUT2D eigenvalue weighted by Crippen LogP contribution is 2.38. The van der Waals surface area contributed by atoms with Crippen molar-refractivity contribution in [2.24, 2.45) is 0 Å². The summed E-state index contributed by atoms with van der Waals surface area (Å²) in [5, 5.41) is 3.15. The summed E-state index contributed by atoms with van der Waals surface area (Å²) in [7, 11) is 1.57. The molecule has 3 heterocycles. The van der Waals surface area contributed by atoms with Gasteiger partial charge in [-0.2, -0.15) is 9.37 Å². The molecule has 1 N–H and O–H groups in total. The molecule has 4 rings (SSSR count). The maximum absolute atomic E-state index is 13.3. The van der Waals surface area contributed by atoms with Crippen molar-refractivity contribution in [1.29, 1.82) is 0 Å². The first-order valence-corrected chi connectivity index (χ1v) is 10.0. The molecule has 1 aliphatic heterocycles. The predicted octanol–water partition coefficient (Wildman–Crippen LogP) is 4.78. The first-order chi connectivity index (χ1) is 13.5. The number of nitrogens with zero attached hydrogens (tertiary/aromatic N) is 4. The summed E-state index contributed by atoms with van der Waals surface area (Å²) in [6.07, 6.45) is 3.31. The quantitative estimate of drug-likeness (QED) is 0.666. The first kappa shape index (κ1) is 18.6. The van der Waals surface area contributed by atoms with E-state index >= 15 is 0 Å². The van der Waals surface area contributed by atoms with Crippen LogP contribution in [0.1, 0.15) is 35.7 Å². The fraction of sp³-hybridized carbons (Fsp3) is 0.350. The number of halogens is 1. The number of hydrogen-bond donors (Lipinski definition) is 1. The van der Waals surface area contributed by atoms with Crippen LogP contribution < -0.4 is 15.0 Å². The molecule has 3 aromatic rings. The molecule has 0 unspecified atom stereocenters. The Labute approximate surface area is 167 Å². The van der Waals surface area contributed by atoms with Crippen molar-refractivity contribution in [1.82, 2.24) is 15.0 Å². The second-order valence-electron chi connectivity index (χ2n) is 6.85. The molecule has 0 spiro atoms. The van der Waals surface area contributed by atoms with Gasteiger partial charge in [0.05, 0.1) is 25.0 Å². The Balaban J connectivity index is 1.69. The Hall–Kier alpha value is -2.74. The second kappa shape index (κ2) is 7.71. The Morgan fingerprint density at radius 3 is 2.68 bits per heavy atom. The van der Waals surface area contributed by atoms with Gasteiger partial charge in [-0.15, -0.1) is 0 Å². The molecule has 1 atom stereocenters. The average molecular weight is 399 g/mol. The van der Waals surface area contributed by atoms with Gasteiger partial charge in [0.15, 0.2) is 21.8 Å². The van der Waals surface area contributed by atoms with Gasteiger partial charge in [-0.05, 0) is 32.3 Å². The van der Waals surface area contributed by atoms with Gasteiger partial charge in [0.2, 0.25) is 5.95 Å². The number of thiazole rings is 1. The van der Waals surface area contributed by atoms with Crippen molar-refractivity contribution >= 4 is 28.2 Å². The minimum Gasteiger partial charge on any atom is -0.491 e. The molecular formula is C20H22FN5OS. The lowest BCUT2D eigenvalue weighted by Crippen LogP contribution is -2.25. The molecular weight excluding hydrogens is 377 g/mol. The molecule has 6 nitrogen and oxygen atoms in total. The van der Waals surface area contributed by atoms with Gasteiger partial charge >= 0.3 is 0 Å². The van der Waals surface area contributed by atoms with Crippen molar-refractivity contribution in [3.05, 3.63) is 52.4 Å². The van der Waals surface area contributed by atoms with Gasteiger partial charge in [0.1, 0.15) is 0 Å². The zero-order chi connectivity index (χ0) is 19.7. The Morgan fingerprint density at radius 1 is 1.21 bits per heavy atom. The highest BCUT2D eigenvalue weighted by molar-refractivity contribution is 7.14. The van der Waals surface area contributed by atoms with Gasteiger partial charge < -0.3 is 15.0 Å². The highest BCUT2D eigenvalue weighted by Gasteiger charge is 2.29. The molecule has 1 fully saturated rings. The van der Waals surface area contributed by atoms with Crippen LogP contribution in [0, 0.1) is 19.0 Å². The molecule has 0 saturated carbocycles. The molecule has 0 aliphatic carbocycles. The molecule has 1 aromatic carbocycles. The van der Waals surface area contributed by atoms with E-state index in [-0.39, 0.29) is 11.2 Å². The smallest absolute Gasteiger partial charge is 0.228 e. The van der Waals surface area contributed by atoms with Crippen LogP contribution in [0.25, 0.3) is 0 Å². The molecule has 0 radical (unpaired) electrons. The number of nitrogens with one attached hydrogen (secondary N) is 1. The lowest BCUT2D eigenvalue weighted by molar-refractivity contribution is 0.409. The van der Waals surface area contributed by atoms with Crippen molar-refractivity contribution < 1.29 is 9.13 Å². The molecule has 2 aromatic heterocycles. The zero-order valence-corrected chi connectivity index (χ0v) is 16.9. The van der Waals surface area contributed by atoms with Crippen LogP contribution in [0.5, 0.6) is 5.75 Å². The fourth-order valence-corrected chi connectivity index (χ4v) is 4.10. The number of methoxy groups -OCH3 is 1. The summed E-state index contributed by atoms with van der Waals surface area (Å²) in [5.74, 6) is 1.67. The number of ether oxygens (including phenoxy) is 1. The average Bonchev–Trinajstić information content (AvgIpc) is 3.31. The maximum Gasteiger partial charge on any atom is 0.228 e. The van der Waals surface area contributed by atoms with Gasteiger partial charge in [0.25, 0.3) is 0 Å². The fourth-order valence-electron chi connectivity index (χ4n) is 3.56. The molecule has 0 amide bonds. The van der Waals surface area contributed by atoms with Crippen molar-refractivity contribution in [2.75, 3.05) is 23.9 Å². The first-order valence-electron chi connectivity index (χ1n) is 9.19. The van der Waals surface area contributed by atoms with E-state index in [0.717, 1.165) is 36.4 Å². The van der Waals surface area contributed by atoms with Gasteiger partial charge in [-0.3, -0.25) is 0 Å². The highest BCUT2D eigenvalue weighted by atomic mass is 32.1. The Kier molecular flexibility index (Phi) is 5.13. The van der Waals surface area contributed by atoms with E-state index in [0.29, 0.717) is 22.6 Å². The van der Waals surface area contributed by atoms with Gasteiger partial charge in [-0.1, -0.05) is 41.2 Å². The van der Waals surface area contributed by atoms with E-state index in [2.05, 4.69) is 51.4 Å². The summed E-state index contributed by atoms with van der Waals surface area (Å²) in [6, 6.07) is 8.85. The Morgan fingerprint density at radius 2 is 2.00 bits per heavy atom. The monoisotopic (exact) mass is 399 g/mol. The Bertz CT molecular complexity index is 975. The molecule has 146 valence electrons. The van der Waals surface area contributed by atoms with Crippen LogP contribution in [0.2, 0.25) is 0 Å². The molecule has 28 heavy (non-hydrogen) atoms. The second-order valence-corrected chi connectivity index (χ2v) is 7.83. The summed E-state index contributed by atoms with van der Waals surface area (Å²) in [4.78, 5) is 15.6. The van der Waals surface area contributed by atoms with Crippen LogP contribution >= 0.6 is 11.3 Å². The van der Waals surface area contributed by atoms with Crippen molar-refractivity contribution in [3.63, 3.8) is 0 Å². The standard InChI is InChI=1S/C20H22FN5OS/c1-12-6-8-14(9-7-12)15-5-4-10-26(15)19-23-13(2)17(27-3)18(24-19)25-20-22-11-16(21)28-20/h6-9,11,15H,4-5,10H2,1-3H3,(H,22,23,24,25)/t15-/m0/s1. The van der Waals surface area contributed by atoms with E-state index in [9.17, 15) is 4.39 Å². The SMILES string of the molecule is COc1c(C)nc(N2CCC[C@H]2c2ccc(C)cc2)nc1Nc1ncc(F)s1. The number of aryl methyl sites for hydroxylation is 2. The maximum atomic E-state index is 13.3. The summed E-state index contributed by atoms with van der Waals surface area (Å²) in [5.41, 5.74) is 3.23. The van der Waals surface area contributed by atoms with Gasteiger partial charge in [-0.25, -0.2) is 9.97 Å². The van der Waals surface area contributed by atoms with E-state index in [1.165, 1.54) is 17.3 Å². The minimum absolute atomic E-state index is 0.235. The van der Waals surface area contributed by atoms with Crippen LogP contribution in [0.4, 0.5) is 21.3 Å². The number of anilines is 3. The van der Waals surface area contributed by atoms with Crippen LogP contribution in [-0.4, -0.2) is 28.6 Å². The van der Waals surface area contributed by atoms with E-state index < -0.39 is 0 Å². The lowest BCUT2D eigenvalue weighted by atomic mass is 10.0. The number of aromatic nitrogens is 3. The molecule has 1 aliphatic rings. The summed E-state index contributed by atoms with van der Waals surface area (Å²) in [6.45, 7) is 4.86. The summed E-state index contributed by atoms with van der Waals surface area (Å²) < 4.78 is 18.8. The third-order valence-electron chi connectivity index (χ3n) is 4.90. The topological polar surface area (TPSA) is 63.2 Å². The van der Waals surface area contributed by atoms with E-state index in [1.54, 1.807) is 7.11 Å². The van der Waals surface area contributed by atoms with Crippen LogP contribution in [-0.2, 0) is 0 Å². The minimum atomic E-state index is -0.355. The third kappa shape index (κ3) is 3.64. The number of hydrogen-bond acceptors (Lipinski definition) is 7. The molecule has 8 heteroatoms. The summed E-state index contributed by atoms with van der Waals surface area (Å²) >= 11 is 0.926. The normalized spacial score (nSPS) is 16.4. The van der Waals surface area contributed by atoms with Crippen LogP contribution in [0.3, 0.4) is 0 Å². The lowest BCUT2D eigenvalue weighted by Gasteiger charge is -2.26. The number of benzene rings is 1. The van der Waals surface area contributed by atoms with Gasteiger partial charge in [0, 0.05) is 6.54 Å². The van der Waals surface area contributed by atoms with E-state index in [1.807, 2.05) is 6.92 Å². The largest absolute Gasteiger partial charge is 0.491 e. The van der Waals surface area contributed by atoms with Crippen molar-refractivity contribution in [2.45, 2.75) is 32.7 Å². The molecule has 0 bridgehead atoms. The number of rotatable bonds is 5. The van der Waals surface area contributed by atoms with Crippen molar-refractivity contribution in [3.8, 4) is 5.75 Å². The third-order valence-corrected chi connectivity index (χ3v) is 5.60. The molecule has 1 saturated heterocycles. The zero-order valence-electron chi connectivity index (χ0n) is 16.1.